The highest BCUT2D eigenvalue weighted by atomic mass is 32.1. The zero-order valence-corrected chi connectivity index (χ0v) is 78.1. The van der Waals surface area contributed by atoms with E-state index in [0.29, 0.717) is 61.2 Å². The molecule has 2 aromatic heterocycles. The van der Waals surface area contributed by atoms with Crippen molar-refractivity contribution in [3.63, 3.8) is 0 Å². The van der Waals surface area contributed by atoms with Crippen molar-refractivity contribution in [1.82, 2.24) is 44.5 Å². The molecular weight excluding hydrogens is 1550 g/mol. The third-order valence-electron chi connectivity index (χ3n) is 29.2. The van der Waals surface area contributed by atoms with Crippen molar-refractivity contribution in [3.8, 4) is 76.0 Å². The van der Waals surface area contributed by atoms with E-state index in [9.17, 15) is 30.1 Å². The first kappa shape index (κ1) is 97.7. The van der Waals surface area contributed by atoms with Crippen LogP contribution in [-0.4, -0.2) is 127 Å². The smallest absolute Gasteiger partial charge is 0.236 e. The predicted molar refractivity (Wildman–Crippen MR) is 493 cm³/mol. The van der Waals surface area contributed by atoms with Crippen LogP contribution in [0.5, 0.6) is 5.75 Å². The molecule has 0 spiro atoms. The average Bonchev–Trinajstić information content (AvgIpc) is 1.05. The number of phenols is 1. The lowest BCUT2D eigenvalue weighted by atomic mass is 9.60. The summed E-state index contributed by atoms with van der Waals surface area (Å²) < 4.78 is 29.8. The normalized spacial score (nSPS) is 19.7. The molecule has 1 aliphatic carbocycles. The number of amides is 1. The van der Waals surface area contributed by atoms with Crippen molar-refractivity contribution < 1.29 is 18.7 Å². The molecule has 1 saturated carbocycles. The molecule has 5 aromatic carbocycles. The third-order valence-corrected chi connectivity index (χ3v) is 30.2. The summed E-state index contributed by atoms with van der Waals surface area (Å²) in [6, 6.07) is 49.4. The standard InChI is InChI=1S/C24H29FN2O.C23H30N2.C22H28FN3S.C21H29N5.C14H24N2O/c1-23(2,3)24(9-12-26)10-13-27(14-11-24)17-19-15-22(28)20(16-21(19)25)18-7-5-4-6-8-18;1-22(2,3)23(12-15-24)13-16-25(17-14-23)18-21-10-8-20(9-11-21)7-6-19-4-5-19;1-4-21-25-19(15-27-21)18-7-5-17(6-8-18)13-26-12-10-22(9-11-24,16(2)3)20(23)14-26;1-17-15-23-26(24-17)19-7-5-18(6-8-19)16-25-13-10-21(9-12-22,11-14-25)20(2,3)4;1-5-14(13(2,3)4)7-10-16(11-8-14)12(17)6-9-15/h4-8,15-16,28H,9-11,13-14,17H2,1-3H3;8-11,19H,4-5,12-14,16-18H2,1-3H3;5-8,15-16,20H,4,9-10,12-14H2,1-3H3;5-8,15H,9-11,13-14,16H2,1-4H3;5-8,10-11H2,1-4H3. The number of aromatic nitrogens is 4. The van der Waals surface area contributed by atoms with Gasteiger partial charge >= 0.3 is 0 Å². The van der Waals surface area contributed by atoms with Gasteiger partial charge in [0.05, 0.1) is 58.6 Å². The molecule has 2 atom stereocenters. The van der Waals surface area contributed by atoms with Crippen LogP contribution in [0.15, 0.2) is 127 Å². The summed E-state index contributed by atoms with van der Waals surface area (Å²) in [6.07, 6.45) is 16.9. The van der Waals surface area contributed by atoms with E-state index >= 15 is 4.39 Å². The number of rotatable bonds is 19. The number of hydrogen-bond donors (Lipinski definition) is 1. The maximum absolute atomic E-state index is 15.0. The van der Waals surface area contributed by atoms with Gasteiger partial charge in [-0.05, 0) is 244 Å². The van der Waals surface area contributed by atoms with E-state index in [1.165, 1.54) is 35.6 Å². The summed E-state index contributed by atoms with van der Waals surface area (Å²) in [7, 11) is 0. The number of benzene rings is 5. The van der Waals surface area contributed by atoms with E-state index < -0.39 is 11.6 Å². The summed E-state index contributed by atoms with van der Waals surface area (Å²) in [5, 5.41) is 67.9. The molecule has 5 aliphatic heterocycles. The first-order chi connectivity index (χ1) is 58.3. The van der Waals surface area contributed by atoms with E-state index in [-0.39, 0.29) is 67.7 Å². The molecule has 16 nitrogen and oxygen atoms in total. The lowest BCUT2D eigenvalue weighted by Gasteiger charge is -2.49. The molecule has 7 heterocycles. The molecule has 6 aliphatic rings. The molecule has 2 unspecified atom stereocenters. The van der Waals surface area contributed by atoms with Gasteiger partial charge in [-0.1, -0.05) is 201 Å². The maximum Gasteiger partial charge on any atom is 0.236 e. The van der Waals surface area contributed by atoms with Crippen LogP contribution >= 0.6 is 11.3 Å². The number of halogens is 2. The Kier molecular flexibility index (Phi) is 34.3. The van der Waals surface area contributed by atoms with E-state index in [4.69, 9.17) is 10.5 Å². The van der Waals surface area contributed by atoms with Crippen molar-refractivity contribution in [1.29, 1.82) is 26.3 Å². The Morgan fingerprint density at radius 2 is 1.02 bits per heavy atom. The van der Waals surface area contributed by atoms with Crippen molar-refractivity contribution in [2.75, 3.05) is 65.4 Å². The number of nitrogens with zero attached hydrogens (tertiary/aromatic N) is 14. The van der Waals surface area contributed by atoms with E-state index in [2.05, 4.69) is 246 Å². The molecule has 123 heavy (non-hydrogen) atoms. The predicted octanol–water partition coefficient (Wildman–Crippen LogP) is 23.3. The van der Waals surface area contributed by atoms with Crippen LogP contribution in [0.25, 0.3) is 28.1 Å². The molecule has 0 radical (unpaired) electrons. The Hall–Kier alpha value is -9.15. The van der Waals surface area contributed by atoms with Crippen LogP contribution in [0.1, 0.15) is 258 Å². The number of alkyl halides is 1. The second kappa shape index (κ2) is 43.2. The van der Waals surface area contributed by atoms with Gasteiger partial charge in [-0.25, -0.2) is 13.8 Å². The minimum Gasteiger partial charge on any atom is -0.507 e. The highest BCUT2D eigenvalue weighted by Gasteiger charge is 2.49. The second-order valence-electron chi connectivity index (χ2n) is 40.4. The molecule has 5 saturated heterocycles. The van der Waals surface area contributed by atoms with Gasteiger partial charge in [-0.2, -0.15) is 41.3 Å². The van der Waals surface area contributed by atoms with Gasteiger partial charge in [0.1, 0.15) is 24.2 Å². The van der Waals surface area contributed by atoms with E-state index in [1.807, 2.05) is 62.1 Å². The number of thiazole rings is 1. The van der Waals surface area contributed by atoms with Gasteiger partial charge in [0.15, 0.2) is 0 Å². The summed E-state index contributed by atoms with van der Waals surface area (Å²) in [6.45, 7) is 49.6. The van der Waals surface area contributed by atoms with Crippen LogP contribution in [-0.2, 0) is 37.4 Å². The highest BCUT2D eigenvalue weighted by molar-refractivity contribution is 7.09. The Labute approximate surface area is 741 Å². The summed E-state index contributed by atoms with van der Waals surface area (Å²) in [5.41, 5.74) is 11.8. The third kappa shape index (κ3) is 25.6. The quantitative estimate of drug-likeness (QED) is 0.0746. The number of likely N-dealkylation sites (tertiary alicyclic amines) is 5. The average molecular weight is 1690 g/mol. The molecule has 6 fully saturated rings. The van der Waals surface area contributed by atoms with Crippen molar-refractivity contribution in [2.24, 2.45) is 60.6 Å². The second-order valence-corrected chi connectivity index (χ2v) is 41.3. The van der Waals surface area contributed by atoms with Gasteiger partial charge in [0.25, 0.3) is 0 Å². The number of nitriles is 5. The fourth-order valence-electron chi connectivity index (χ4n) is 19.1. The van der Waals surface area contributed by atoms with Crippen molar-refractivity contribution in [3.05, 3.63) is 171 Å². The van der Waals surface area contributed by atoms with Crippen LogP contribution in [0, 0.1) is 142 Å². The number of aryl methyl sites for hydroxylation is 2. The monoisotopic (exact) mass is 1690 g/mol. The molecule has 658 valence electrons. The van der Waals surface area contributed by atoms with E-state index in [0.717, 1.165) is 188 Å². The molecule has 13 rings (SSSR count). The molecule has 7 aromatic rings. The molecule has 0 bridgehead atoms. The van der Waals surface area contributed by atoms with Crippen LogP contribution in [0.4, 0.5) is 8.78 Å². The first-order valence-corrected chi connectivity index (χ1v) is 46.1. The van der Waals surface area contributed by atoms with Crippen molar-refractivity contribution in [2.45, 2.75) is 266 Å². The zero-order valence-electron chi connectivity index (χ0n) is 77.3. The summed E-state index contributed by atoms with van der Waals surface area (Å²) in [5.74, 6) is 7.25. The topological polar surface area (TPSA) is 216 Å². The highest BCUT2D eigenvalue weighted by Crippen LogP contribution is 2.54. The summed E-state index contributed by atoms with van der Waals surface area (Å²) in [4.78, 5) is 29.2. The lowest BCUT2D eigenvalue weighted by molar-refractivity contribution is -0.134. The number of aromatic hydroxyl groups is 1. The molecule has 1 amide bonds. The van der Waals surface area contributed by atoms with Gasteiger partial charge in [-0.15, -0.1) is 11.3 Å². The fraction of sp³-hybridized carbons (Fsp3) is 0.587. The Balaban J connectivity index is 0.000000176. The first-order valence-electron chi connectivity index (χ1n) is 45.2. The molecular formula is C104H140F2N14O2S. The number of phenolic OH excluding ortho intramolecular Hbond substituents is 1. The molecule has 1 N–H and O–H groups in total. The van der Waals surface area contributed by atoms with Crippen LogP contribution < -0.4 is 0 Å². The van der Waals surface area contributed by atoms with Crippen LogP contribution in [0.2, 0.25) is 0 Å². The largest absolute Gasteiger partial charge is 0.507 e. The van der Waals surface area contributed by atoms with Gasteiger partial charge in [0.2, 0.25) is 5.91 Å². The van der Waals surface area contributed by atoms with Crippen LogP contribution in [0.3, 0.4) is 0 Å². The number of piperidine rings is 5. The minimum absolute atomic E-state index is 0.00823. The zero-order chi connectivity index (χ0) is 89.6. The number of carbonyl (C=O) groups excluding carboxylic acids is 1. The number of carbonyl (C=O) groups is 1. The SMILES string of the molecule is CC(C)(C)C1(CC#N)CCN(Cc2cc(O)c(-c3ccccc3)cc2F)CC1.CC(C)(C)C1(CC#N)CCN(Cc2ccc(C#CC3CC3)cc2)CC1.CCC1(C(C)(C)C)CCN(C(=O)CC#N)CC1.CCc1nc(-c2ccc(CN3CCC(CC#N)(C(C)C)C(F)C3)cc2)cs1.Cc1cnn(-c2ccc(CN3CCC(CC#N)(C(C)(C)C)CC3)cc2)n1. The van der Waals surface area contributed by atoms with Gasteiger partial charge in [0, 0.05) is 110 Å². The van der Waals surface area contributed by atoms with E-state index in [1.54, 1.807) is 28.4 Å². The van der Waals surface area contributed by atoms with Crippen molar-refractivity contribution >= 4 is 17.2 Å². The van der Waals surface area contributed by atoms with Gasteiger partial charge in [-0.3, -0.25) is 24.4 Å². The van der Waals surface area contributed by atoms with Gasteiger partial charge < -0.3 is 10.0 Å². The lowest BCUT2D eigenvalue weighted by Crippen LogP contribution is -2.51. The fourth-order valence-corrected chi connectivity index (χ4v) is 19.8. The Morgan fingerprint density at radius 1 is 0.561 bits per heavy atom. The Bertz CT molecular complexity index is 4810. The summed E-state index contributed by atoms with van der Waals surface area (Å²) >= 11 is 1.70. The molecule has 19 heteroatoms. The number of hydrogen-bond acceptors (Lipinski definition) is 15. The minimum atomic E-state index is -0.951. The Morgan fingerprint density at radius 3 is 1.43 bits per heavy atom. The maximum atomic E-state index is 15.0.